The minimum Gasteiger partial charge on any atom is -0.397 e. The Morgan fingerprint density at radius 1 is 1.67 bits per heavy atom. The quantitative estimate of drug-likeness (QED) is 0.609. The van der Waals surface area contributed by atoms with Crippen LogP contribution in [0, 0.1) is 12.3 Å². The molecule has 0 bridgehead atoms. The third-order valence-electron chi connectivity index (χ3n) is 3.27. The molecule has 1 atom stereocenters. The van der Waals surface area contributed by atoms with Gasteiger partial charge in [0, 0.05) is 6.54 Å². The lowest BCUT2D eigenvalue weighted by atomic mass is 10.1. The normalized spacial score (nSPS) is 14.8. The first-order valence-electron chi connectivity index (χ1n) is 6.00. The molecule has 1 aliphatic rings. The van der Waals surface area contributed by atoms with Gasteiger partial charge in [-0.3, -0.25) is 4.79 Å². The van der Waals surface area contributed by atoms with Gasteiger partial charge in [-0.15, -0.1) is 6.42 Å². The second-order valence-corrected chi connectivity index (χ2v) is 4.40. The molecule has 1 aliphatic heterocycles. The van der Waals surface area contributed by atoms with Crippen LogP contribution >= 0.6 is 0 Å². The van der Waals surface area contributed by atoms with Crippen LogP contribution < -0.4 is 16.0 Å². The summed E-state index contributed by atoms with van der Waals surface area (Å²) in [5.74, 6) is 2.33. The van der Waals surface area contributed by atoms with Gasteiger partial charge in [0.05, 0.1) is 17.9 Å². The van der Waals surface area contributed by atoms with Crippen molar-refractivity contribution in [2.45, 2.75) is 19.4 Å². The molecule has 0 saturated heterocycles. The second-order valence-electron chi connectivity index (χ2n) is 4.40. The topological polar surface area (TPSA) is 58.4 Å². The van der Waals surface area contributed by atoms with Crippen LogP contribution in [0.25, 0.3) is 0 Å². The fraction of sp³-hybridized carbons (Fsp3) is 0.357. The molecule has 0 spiro atoms. The first kappa shape index (κ1) is 12.3. The van der Waals surface area contributed by atoms with Crippen LogP contribution in [0.15, 0.2) is 18.2 Å². The summed E-state index contributed by atoms with van der Waals surface area (Å²) in [6.07, 6.45) is 6.06. The molecule has 0 aliphatic carbocycles. The van der Waals surface area contributed by atoms with Crippen molar-refractivity contribution in [2.75, 3.05) is 23.7 Å². The number of carbonyl (C=O) groups excluding carboxylic acids is 1. The Morgan fingerprint density at radius 3 is 3.17 bits per heavy atom. The molecule has 18 heavy (non-hydrogen) atoms. The zero-order chi connectivity index (χ0) is 13.1. The molecule has 0 radical (unpaired) electrons. The van der Waals surface area contributed by atoms with E-state index in [4.69, 9.17) is 12.2 Å². The maximum atomic E-state index is 11.9. The van der Waals surface area contributed by atoms with E-state index in [2.05, 4.69) is 17.3 Å². The molecule has 0 saturated carbocycles. The zero-order valence-corrected chi connectivity index (χ0v) is 10.4. The number of hydrogen-bond acceptors (Lipinski definition) is 3. The zero-order valence-electron chi connectivity index (χ0n) is 10.4. The molecular weight excluding hydrogens is 226 g/mol. The summed E-state index contributed by atoms with van der Waals surface area (Å²) in [6, 6.07) is 5.60. The number of amides is 1. The smallest absolute Gasteiger partial charge is 0.243 e. The van der Waals surface area contributed by atoms with Gasteiger partial charge in [-0.25, -0.2) is 0 Å². The fourth-order valence-corrected chi connectivity index (χ4v) is 2.33. The molecule has 3 N–H and O–H groups in total. The van der Waals surface area contributed by atoms with E-state index in [0.29, 0.717) is 0 Å². The number of hydrogen-bond donors (Lipinski definition) is 2. The molecule has 1 amide bonds. The Kier molecular flexibility index (Phi) is 3.42. The SMILES string of the molecule is C#CCNC(=O)C(C)N1CCc2cccc(N)c21. The van der Waals surface area contributed by atoms with E-state index in [1.807, 2.05) is 24.0 Å². The summed E-state index contributed by atoms with van der Waals surface area (Å²) in [7, 11) is 0. The number of nitrogen functional groups attached to an aromatic ring is 1. The Balaban J connectivity index is 2.18. The molecule has 4 nitrogen and oxygen atoms in total. The van der Waals surface area contributed by atoms with Crippen LogP contribution in [0.3, 0.4) is 0 Å². The monoisotopic (exact) mass is 243 g/mol. The summed E-state index contributed by atoms with van der Waals surface area (Å²) >= 11 is 0. The lowest BCUT2D eigenvalue weighted by Gasteiger charge is -2.27. The van der Waals surface area contributed by atoms with E-state index in [-0.39, 0.29) is 18.5 Å². The highest BCUT2D eigenvalue weighted by Gasteiger charge is 2.28. The molecule has 4 heteroatoms. The largest absolute Gasteiger partial charge is 0.397 e. The molecule has 0 fully saturated rings. The number of para-hydroxylation sites is 1. The first-order valence-corrected chi connectivity index (χ1v) is 6.00. The van der Waals surface area contributed by atoms with Crippen LogP contribution in [0.5, 0.6) is 0 Å². The van der Waals surface area contributed by atoms with Crippen molar-refractivity contribution in [1.82, 2.24) is 5.32 Å². The van der Waals surface area contributed by atoms with Gasteiger partial charge in [-0.05, 0) is 25.0 Å². The summed E-state index contributed by atoms with van der Waals surface area (Å²) < 4.78 is 0. The van der Waals surface area contributed by atoms with Crippen LogP contribution in [0.1, 0.15) is 12.5 Å². The van der Waals surface area contributed by atoms with Crippen LogP contribution in [-0.2, 0) is 11.2 Å². The minimum atomic E-state index is -0.260. The Morgan fingerprint density at radius 2 is 2.44 bits per heavy atom. The minimum absolute atomic E-state index is 0.0657. The number of anilines is 2. The Labute approximate surface area is 107 Å². The average molecular weight is 243 g/mol. The maximum absolute atomic E-state index is 11.9. The molecular formula is C14H17N3O. The summed E-state index contributed by atoms with van der Waals surface area (Å²) in [4.78, 5) is 14.0. The van der Waals surface area contributed by atoms with Gasteiger partial charge in [0.25, 0.3) is 0 Å². The summed E-state index contributed by atoms with van der Waals surface area (Å²) in [6.45, 7) is 2.94. The number of nitrogens with two attached hydrogens (primary N) is 1. The molecule has 94 valence electrons. The van der Waals surface area contributed by atoms with Crippen LogP contribution in [-0.4, -0.2) is 25.0 Å². The van der Waals surface area contributed by atoms with Crippen molar-refractivity contribution in [3.8, 4) is 12.3 Å². The lowest BCUT2D eigenvalue weighted by molar-refractivity contribution is -0.121. The number of nitrogens with one attached hydrogen (secondary N) is 1. The number of benzene rings is 1. The van der Waals surface area contributed by atoms with Gasteiger partial charge in [-0.1, -0.05) is 18.1 Å². The molecule has 2 rings (SSSR count). The Bertz CT molecular complexity index is 504. The molecule has 1 aromatic carbocycles. The molecule has 1 unspecified atom stereocenters. The highest BCUT2D eigenvalue weighted by atomic mass is 16.2. The van der Waals surface area contributed by atoms with Gasteiger partial charge in [-0.2, -0.15) is 0 Å². The number of nitrogens with zero attached hydrogens (tertiary/aromatic N) is 1. The van der Waals surface area contributed by atoms with Gasteiger partial charge >= 0.3 is 0 Å². The predicted molar refractivity (Wildman–Crippen MR) is 73.2 cm³/mol. The average Bonchev–Trinajstić information content (AvgIpc) is 2.80. The number of terminal acetylenes is 1. The number of rotatable bonds is 3. The van der Waals surface area contributed by atoms with Crippen LogP contribution in [0.4, 0.5) is 11.4 Å². The van der Waals surface area contributed by atoms with Gasteiger partial charge in [0.15, 0.2) is 0 Å². The van der Waals surface area contributed by atoms with E-state index in [9.17, 15) is 4.79 Å². The van der Waals surface area contributed by atoms with Gasteiger partial charge in [0.2, 0.25) is 5.91 Å². The third-order valence-corrected chi connectivity index (χ3v) is 3.27. The van der Waals surface area contributed by atoms with Crippen molar-refractivity contribution in [3.05, 3.63) is 23.8 Å². The molecule has 0 aromatic heterocycles. The maximum Gasteiger partial charge on any atom is 0.243 e. The molecule has 1 aromatic rings. The van der Waals surface area contributed by atoms with E-state index in [0.717, 1.165) is 24.3 Å². The Hall–Kier alpha value is -2.15. The van der Waals surface area contributed by atoms with Crippen LogP contribution in [0.2, 0.25) is 0 Å². The van der Waals surface area contributed by atoms with Crippen molar-refractivity contribution < 1.29 is 4.79 Å². The number of fused-ring (bicyclic) bond motifs is 1. The third kappa shape index (κ3) is 2.12. The van der Waals surface area contributed by atoms with Crippen molar-refractivity contribution >= 4 is 17.3 Å². The highest BCUT2D eigenvalue weighted by molar-refractivity contribution is 5.88. The molecule has 1 heterocycles. The second kappa shape index (κ2) is 5.01. The van der Waals surface area contributed by atoms with E-state index in [1.54, 1.807) is 0 Å². The van der Waals surface area contributed by atoms with E-state index < -0.39 is 0 Å². The standard InChI is InChI=1S/C14H17N3O/c1-3-8-16-14(18)10(2)17-9-7-11-5-4-6-12(15)13(11)17/h1,4-6,10H,7-9,15H2,2H3,(H,16,18). The lowest BCUT2D eigenvalue weighted by Crippen LogP contribution is -2.44. The van der Waals surface area contributed by atoms with Gasteiger partial charge in [0.1, 0.15) is 6.04 Å². The van der Waals surface area contributed by atoms with Crippen molar-refractivity contribution in [1.29, 1.82) is 0 Å². The summed E-state index contributed by atoms with van der Waals surface area (Å²) in [5.41, 5.74) is 8.91. The first-order chi connectivity index (χ1) is 8.65. The highest BCUT2D eigenvalue weighted by Crippen LogP contribution is 2.34. The summed E-state index contributed by atoms with van der Waals surface area (Å²) in [5, 5.41) is 2.70. The van der Waals surface area contributed by atoms with E-state index >= 15 is 0 Å². The van der Waals surface area contributed by atoms with E-state index in [1.165, 1.54) is 5.56 Å². The van der Waals surface area contributed by atoms with Crippen molar-refractivity contribution in [2.24, 2.45) is 0 Å². The van der Waals surface area contributed by atoms with Gasteiger partial charge < -0.3 is 16.0 Å². The predicted octanol–water partition coefficient (Wildman–Crippen LogP) is 0.769. The number of carbonyl (C=O) groups is 1. The fourth-order valence-electron chi connectivity index (χ4n) is 2.33. The van der Waals surface area contributed by atoms with Crippen molar-refractivity contribution in [3.63, 3.8) is 0 Å².